The fraction of sp³-hybridized carbons (Fsp3) is 1.00. The first kappa shape index (κ1) is 11.7. The first-order chi connectivity index (χ1) is 3.83. The Kier molecular flexibility index (Phi) is 23.0. The van der Waals surface area contributed by atoms with E-state index in [1.807, 2.05) is 0 Å². The molecule has 0 saturated carbocycles. The van der Waals surface area contributed by atoms with Crippen LogP contribution in [0, 0.1) is 0 Å². The molecule has 0 heterocycles. The molecule has 0 aromatic heterocycles. The molecule has 0 aromatic carbocycles. The topological polar surface area (TPSA) is 40.5 Å². The monoisotopic (exact) mass is 188 g/mol. The van der Waals surface area contributed by atoms with Crippen LogP contribution in [0.1, 0.15) is 13.8 Å². The molecule has 0 aliphatic rings. The van der Waals surface area contributed by atoms with Gasteiger partial charge in [-0.15, -0.1) is 0 Å². The van der Waals surface area contributed by atoms with Crippen molar-refractivity contribution in [3.8, 4) is 0 Å². The first-order valence-electron chi connectivity index (χ1n) is 2.86. The van der Waals surface area contributed by atoms with E-state index < -0.39 is 9.03 Å². The van der Waals surface area contributed by atoms with Gasteiger partial charge in [-0.3, -0.25) is 0 Å². The van der Waals surface area contributed by atoms with E-state index in [0.29, 0.717) is 0 Å². The predicted octanol–water partition coefficient (Wildman–Crippen LogP) is 1.42. The van der Waals surface area contributed by atoms with Gasteiger partial charge in [0.05, 0.1) is 0 Å². The van der Waals surface area contributed by atoms with Crippen molar-refractivity contribution in [2.24, 2.45) is 0 Å². The summed E-state index contributed by atoms with van der Waals surface area (Å²) < 4.78 is 0. The maximum Gasteiger partial charge on any atom is 0.149 e. The van der Waals surface area contributed by atoms with E-state index in [1.165, 1.54) is 10.0 Å². The first-order valence-corrected chi connectivity index (χ1v) is 7.95. The maximum atomic E-state index is 7.15. The van der Waals surface area contributed by atoms with Crippen LogP contribution < -0.4 is 0 Å². The van der Waals surface area contributed by atoms with Gasteiger partial charge >= 0.3 is 41.0 Å². The van der Waals surface area contributed by atoms with Gasteiger partial charge < -0.3 is 9.79 Å². The summed E-state index contributed by atoms with van der Waals surface area (Å²) in [5, 5.41) is 3.06. The predicted molar refractivity (Wildman–Crippen MR) is 33.7 cm³/mol. The van der Waals surface area contributed by atoms with Crippen molar-refractivity contribution < 1.29 is 26.9 Å². The van der Waals surface area contributed by atoms with Crippen molar-refractivity contribution >= 4 is 9.03 Å². The third-order valence-corrected chi connectivity index (χ3v) is 3.67. The average molecular weight is 190 g/mol. The summed E-state index contributed by atoms with van der Waals surface area (Å²) in [6.45, 7) is 4.59. The average Bonchev–Trinajstić information content (AvgIpc) is 1.71. The SMILES string of the molecule is C[CH2][Zn][CH2]C.OPO. The van der Waals surface area contributed by atoms with Crippen molar-refractivity contribution in [1.82, 2.24) is 0 Å². The van der Waals surface area contributed by atoms with Gasteiger partial charge in [-0.25, -0.2) is 0 Å². The molecule has 4 heteroatoms. The van der Waals surface area contributed by atoms with E-state index in [9.17, 15) is 0 Å². The number of hydrogen-bond donors (Lipinski definition) is 2. The normalized spacial score (nSPS) is 6.50. The fourth-order valence-corrected chi connectivity index (χ4v) is 1.84. The zero-order chi connectivity index (χ0) is 6.83. The Morgan fingerprint density at radius 3 is 1.50 bits per heavy atom. The molecular weight excluding hydrogens is 176 g/mol. The molecule has 0 fully saturated rings. The van der Waals surface area contributed by atoms with Crippen LogP contribution in [-0.2, 0) is 17.1 Å². The largest absolute Gasteiger partial charge is 0.352 e. The zero-order valence-corrected chi connectivity index (χ0v) is 9.48. The summed E-state index contributed by atoms with van der Waals surface area (Å²) in [5.74, 6) is 0. The zero-order valence-electron chi connectivity index (χ0n) is 5.52. The van der Waals surface area contributed by atoms with Gasteiger partial charge in [0.15, 0.2) is 0 Å². The summed E-state index contributed by atoms with van der Waals surface area (Å²) in [6.07, 6.45) is 0. The molecule has 0 aliphatic heterocycles. The number of hydrogen-bond acceptors (Lipinski definition) is 2. The third-order valence-electron chi connectivity index (χ3n) is 0.707. The van der Waals surface area contributed by atoms with Crippen LogP contribution in [0.15, 0.2) is 0 Å². The van der Waals surface area contributed by atoms with Crippen LogP contribution in [0.5, 0.6) is 0 Å². The molecule has 2 N–H and O–H groups in total. The van der Waals surface area contributed by atoms with Crippen molar-refractivity contribution in [3.05, 3.63) is 0 Å². The molecule has 0 amide bonds. The Bertz CT molecular complexity index is 28.0. The van der Waals surface area contributed by atoms with E-state index in [-0.39, 0.29) is 17.1 Å². The Balaban J connectivity index is 0. The van der Waals surface area contributed by atoms with E-state index in [2.05, 4.69) is 13.8 Å². The van der Waals surface area contributed by atoms with Crippen molar-refractivity contribution in [2.75, 3.05) is 0 Å². The molecule has 0 atom stereocenters. The Hall–Kier alpha value is 0.973. The standard InChI is InChI=1S/2C2H5.H3O2P.Zn/c2*1-2;1-3-2;/h2*1H2,2H3;1-3H;. The van der Waals surface area contributed by atoms with Crippen LogP contribution in [0.4, 0.5) is 0 Å². The summed E-state index contributed by atoms with van der Waals surface area (Å²) in [4.78, 5) is 14.3. The van der Waals surface area contributed by atoms with Crippen LogP contribution >= 0.6 is 9.03 Å². The van der Waals surface area contributed by atoms with Gasteiger partial charge in [0.25, 0.3) is 0 Å². The van der Waals surface area contributed by atoms with Gasteiger partial charge in [-0.2, -0.15) is 0 Å². The van der Waals surface area contributed by atoms with Gasteiger partial charge in [0, 0.05) is 0 Å². The molecule has 0 spiro atoms. The molecule has 0 aliphatic carbocycles. The van der Waals surface area contributed by atoms with Gasteiger partial charge in [0.1, 0.15) is 9.03 Å². The smallest absolute Gasteiger partial charge is 0.149 e. The van der Waals surface area contributed by atoms with Crippen molar-refractivity contribution in [1.29, 1.82) is 0 Å². The quantitative estimate of drug-likeness (QED) is 0.510. The molecule has 0 saturated heterocycles. The molecule has 0 bridgehead atoms. The minimum Gasteiger partial charge on any atom is -0.352 e. The molecule has 48 valence electrons. The van der Waals surface area contributed by atoms with Crippen molar-refractivity contribution in [3.63, 3.8) is 0 Å². The maximum absolute atomic E-state index is 7.15. The van der Waals surface area contributed by atoms with Gasteiger partial charge in [-0.05, 0) is 0 Å². The Morgan fingerprint density at radius 1 is 1.25 bits per heavy atom. The van der Waals surface area contributed by atoms with E-state index in [4.69, 9.17) is 9.79 Å². The molecule has 0 aromatic rings. The summed E-state index contributed by atoms with van der Waals surface area (Å²) in [7, 11) is -0.917. The fourth-order valence-electron chi connectivity index (χ4n) is 0.354. The van der Waals surface area contributed by atoms with Crippen LogP contribution in [0.3, 0.4) is 0 Å². The van der Waals surface area contributed by atoms with Gasteiger partial charge in [-0.1, -0.05) is 0 Å². The third kappa shape index (κ3) is 28.1. The molecule has 0 unspecified atom stereocenters. The van der Waals surface area contributed by atoms with E-state index in [0.717, 1.165) is 0 Å². The van der Waals surface area contributed by atoms with Crippen LogP contribution in [0.25, 0.3) is 0 Å². The van der Waals surface area contributed by atoms with Crippen LogP contribution in [-0.4, -0.2) is 9.79 Å². The molecule has 8 heavy (non-hydrogen) atoms. The summed E-state index contributed by atoms with van der Waals surface area (Å²) in [5.41, 5.74) is 0. The molecular formula is C4H13O2PZn. The number of rotatable bonds is 2. The minimum absolute atomic E-state index is 0.0972. The second-order valence-corrected chi connectivity index (χ2v) is 7.33. The minimum atomic E-state index is -0.917. The van der Waals surface area contributed by atoms with Crippen LogP contribution in [0.2, 0.25) is 10.0 Å². The second-order valence-electron chi connectivity index (χ2n) is 1.45. The second kappa shape index (κ2) is 15.7. The summed E-state index contributed by atoms with van der Waals surface area (Å²) in [6, 6.07) is 0. The van der Waals surface area contributed by atoms with E-state index in [1.54, 1.807) is 0 Å². The molecule has 2 nitrogen and oxygen atoms in total. The Morgan fingerprint density at radius 2 is 1.50 bits per heavy atom. The summed E-state index contributed by atoms with van der Waals surface area (Å²) >= 11 is 0.0972. The van der Waals surface area contributed by atoms with E-state index >= 15 is 0 Å². The van der Waals surface area contributed by atoms with Crippen molar-refractivity contribution in [2.45, 2.75) is 23.9 Å². The Labute approximate surface area is 60.2 Å². The molecule has 0 radical (unpaired) electrons. The molecule has 0 rings (SSSR count). The van der Waals surface area contributed by atoms with Gasteiger partial charge in [0.2, 0.25) is 0 Å².